The maximum atomic E-state index is 12.3. The molecule has 0 unspecified atom stereocenters. The fraction of sp³-hybridized carbons (Fsp3) is 0.188. The summed E-state index contributed by atoms with van der Waals surface area (Å²) in [6, 6.07) is 8.25. The lowest BCUT2D eigenvalue weighted by Gasteiger charge is -2.12. The summed E-state index contributed by atoms with van der Waals surface area (Å²) in [5.74, 6) is 0.717. The molecule has 0 aliphatic rings. The first-order valence-corrected chi connectivity index (χ1v) is 6.93. The number of ether oxygens (including phenoxy) is 2. The molecule has 0 radical (unpaired) electrons. The van der Waals surface area contributed by atoms with E-state index in [0.717, 1.165) is 5.56 Å². The van der Waals surface area contributed by atoms with Gasteiger partial charge in [0.05, 0.1) is 25.6 Å². The molecular formula is C16H17ClN2O3. The van der Waals surface area contributed by atoms with E-state index in [2.05, 4.69) is 5.32 Å². The van der Waals surface area contributed by atoms with Crippen LogP contribution in [0.4, 0.5) is 11.4 Å². The fourth-order valence-electron chi connectivity index (χ4n) is 1.98. The molecule has 0 saturated carbocycles. The number of halogens is 1. The van der Waals surface area contributed by atoms with Gasteiger partial charge in [0.1, 0.15) is 0 Å². The average Bonchev–Trinajstić information content (AvgIpc) is 2.51. The molecule has 0 bridgehead atoms. The number of carbonyl (C=O) groups excluding carboxylic acids is 1. The van der Waals surface area contributed by atoms with E-state index >= 15 is 0 Å². The van der Waals surface area contributed by atoms with Gasteiger partial charge in [0.15, 0.2) is 11.5 Å². The van der Waals surface area contributed by atoms with Gasteiger partial charge in [-0.25, -0.2) is 0 Å². The van der Waals surface area contributed by atoms with E-state index in [1.165, 1.54) is 14.2 Å². The van der Waals surface area contributed by atoms with E-state index in [4.69, 9.17) is 26.8 Å². The number of hydrogen-bond acceptors (Lipinski definition) is 4. The molecule has 0 fully saturated rings. The van der Waals surface area contributed by atoms with E-state index in [-0.39, 0.29) is 5.91 Å². The summed E-state index contributed by atoms with van der Waals surface area (Å²) in [4.78, 5) is 12.3. The third-order valence-electron chi connectivity index (χ3n) is 3.22. The molecule has 116 valence electrons. The molecule has 1 amide bonds. The van der Waals surface area contributed by atoms with Crippen LogP contribution in [0, 0.1) is 6.92 Å². The minimum absolute atomic E-state index is 0.312. The summed E-state index contributed by atoms with van der Waals surface area (Å²) in [5.41, 5.74) is 8.10. The summed E-state index contributed by atoms with van der Waals surface area (Å²) in [7, 11) is 3.05. The van der Waals surface area contributed by atoms with Crippen molar-refractivity contribution in [3.05, 3.63) is 46.5 Å². The summed E-state index contributed by atoms with van der Waals surface area (Å²) in [6.07, 6.45) is 0. The first-order chi connectivity index (χ1) is 10.5. The minimum Gasteiger partial charge on any atom is -0.493 e. The number of benzene rings is 2. The zero-order valence-corrected chi connectivity index (χ0v) is 13.3. The normalized spacial score (nSPS) is 10.2. The molecule has 5 nitrogen and oxygen atoms in total. The Bertz CT molecular complexity index is 717. The molecule has 0 aliphatic heterocycles. The number of nitrogens with two attached hydrogens (primary N) is 1. The zero-order valence-electron chi connectivity index (χ0n) is 12.6. The van der Waals surface area contributed by atoms with E-state index in [9.17, 15) is 4.79 Å². The number of aryl methyl sites for hydroxylation is 1. The number of nitrogens with one attached hydrogen (secondary N) is 1. The van der Waals surface area contributed by atoms with Gasteiger partial charge in [0, 0.05) is 10.6 Å². The van der Waals surface area contributed by atoms with Crippen molar-refractivity contribution >= 4 is 28.9 Å². The number of methoxy groups -OCH3 is 2. The van der Waals surface area contributed by atoms with Crippen molar-refractivity contribution in [2.75, 3.05) is 25.3 Å². The maximum Gasteiger partial charge on any atom is 0.255 e. The SMILES string of the molecule is COc1ccc(C(=O)Nc2cc(Cl)c(C)cc2N)cc1OC. The van der Waals surface area contributed by atoms with Gasteiger partial charge in [-0.15, -0.1) is 0 Å². The highest BCUT2D eigenvalue weighted by atomic mass is 35.5. The lowest BCUT2D eigenvalue weighted by molar-refractivity contribution is 0.102. The van der Waals surface area contributed by atoms with Crippen molar-refractivity contribution in [2.45, 2.75) is 6.92 Å². The van der Waals surface area contributed by atoms with Crippen molar-refractivity contribution in [1.82, 2.24) is 0 Å². The highest BCUT2D eigenvalue weighted by Gasteiger charge is 2.13. The van der Waals surface area contributed by atoms with Gasteiger partial charge in [0.2, 0.25) is 0 Å². The number of rotatable bonds is 4. The molecule has 2 aromatic carbocycles. The molecule has 22 heavy (non-hydrogen) atoms. The molecule has 0 atom stereocenters. The lowest BCUT2D eigenvalue weighted by atomic mass is 10.1. The number of carbonyl (C=O) groups is 1. The van der Waals surface area contributed by atoms with Crippen LogP contribution in [0.3, 0.4) is 0 Å². The Morgan fingerprint density at radius 2 is 1.82 bits per heavy atom. The third-order valence-corrected chi connectivity index (χ3v) is 3.63. The van der Waals surface area contributed by atoms with Gasteiger partial charge in [-0.05, 0) is 42.8 Å². The molecule has 0 saturated heterocycles. The van der Waals surface area contributed by atoms with Crippen LogP contribution in [0.5, 0.6) is 11.5 Å². The monoisotopic (exact) mass is 320 g/mol. The first kappa shape index (κ1) is 16.0. The topological polar surface area (TPSA) is 73.6 Å². The molecule has 0 spiro atoms. The fourth-order valence-corrected chi connectivity index (χ4v) is 2.15. The Balaban J connectivity index is 2.28. The lowest BCUT2D eigenvalue weighted by Crippen LogP contribution is -2.13. The molecular weight excluding hydrogens is 304 g/mol. The van der Waals surface area contributed by atoms with Gasteiger partial charge in [-0.2, -0.15) is 0 Å². The number of anilines is 2. The molecule has 6 heteroatoms. The van der Waals surface area contributed by atoms with Crippen LogP contribution in [0.1, 0.15) is 15.9 Å². The van der Waals surface area contributed by atoms with E-state index in [0.29, 0.717) is 33.5 Å². The van der Waals surface area contributed by atoms with Crippen LogP contribution < -0.4 is 20.5 Å². The van der Waals surface area contributed by atoms with Gasteiger partial charge >= 0.3 is 0 Å². The summed E-state index contributed by atoms with van der Waals surface area (Å²) >= 11 is 6.06. The Hall–Kier alpha value is -2.40. The summed E-state index contributed by atoms with van der Waals surface area (Å²) < 4.78 is 10.3. The van der Waals surface area contributed by atoms with Crippen molar-refractivity contribution in [1.29, 1.82) is 0 Å². The van der Waals surface area contributed by atoms with Crippen molar-refractivity contribution in [2.24, 2.45) is 0 Å². The second-order valence-electron chi connectivity index (χ2n) is 4.71. The predicted molar refractivity (Wildman–Crippen MR) is 88.1 cm³/mol. The highest BCUT2D eigenvalue weighted by Crippen LogP contribution is 2.30. The van der Waals surface area contributed by atoms with Crippen LogP contribution in [-0.2, 0) is 0 Å². The molecule has 3 N–H and O–H groups in total. The maximum absolute atomic E-state index is 12.3. The number of amides is 1. The van der Waals surface area contributed by atoms with Crippen molar-refractivity contribution in [3.8, 4) is 11.5 Å². The van der Waals surface area contributed by atoms with Crippen LogP contribution in [0.25, 0.3) is 0 Å². The first-order valence-electron chi connectivity index (χ1n) is 6.55. The van der Waals surface area contributed by atoms with Crippen molar-refractivity contribution < 1.29 is 14.3 Å². The van der Waals surface area contributed by atoms with Crippen LogP contribution >= 0.6 is 11.6 Å². The predicted octanol–water partition coefficient (Wildman–Crippen LogP) is 3.50. The van der Waals surface area contributed by atoms with E-state index in [1.54, 1.807) is 30.3 Å². The Morgan fingerprint density at radius 3 is 2.45 bits per heavy atom. The van der Waals surface area contributed by atoms with E-state index < -0.39 is 0 Å². The Labute approximate surface area is 134 Å². The summed E-state index contributed by atoms with van der Waals surface area (Å²) in [6.45, 7) is 1.85. The molecule has 2 rings (SSSR count). The number of hydrogen-bond donors (Lipinski definition) is 2. The molecule has 0 aromatic heterocycles. The quantitative estimate of drug-likeness (QED) is 0.846. The second kappa shape index (κ2) is 6.58. The Kier molecular flexibility index (Phi) is 4.78. The number of nitrogen functional groups attached to an aromatic ring is 1. The van der Waals surface area contributed by atoms with E-state index in [1.807, 2.05) is 6.92 Å². The molecule has 0 heterocycles. The van der Waals surface area contributed by atoms with Crippen LogP contribution in [-0.4, -0.2) is 20.1 Å². The van der Waals surface area contributed by atoms with Gasteiger partial charge in [-0.3, -0.25) is 4.79 Å². The van der Waals surface area contributed by atoms with Gasteiger partial charge in [-0.1, -0.05) is 11.6 Å². The Morgan fingerprint density at radius 1 is 1.14 bits per heavy atom. The summed E-state index contributed by atoms with van der Waals surface area (Å²) in [5, 5.41) is 3.28. The highest BCUT2D eigenvalue weighted by molar-refractivity contribution is 6.32. The minimum atomic E-state index is -0.312. The smallest absolute Gasteiger partial charge is 0.255 e. The van der Waals surface area contributed by atoms with Gasteiger partial charge in [0.25, 0.3) is 5.91 Å². The standard InChI is InChI=1S/C16H17ClN2O3/c1-9-6-12(18)13(8-11(9)17)19-16(20)10-4-5-14(21-2)15(7-10)22-3/h4-8H,18H2,1-3H3,(H,19,20). The van der Waals surface area contributed by atoms with Gasteiger partial charge < -0.3 is 20.5 Å². The van der Waals surface area contributed by atoms with Crippen molar-refractivity contribution in [3.63, 3.8) is 0 Å². The third kappa shape index (κ3) is 3.26. The van der Waals surface area contributed by atoms with Crippen LogP contribution in [0.15, 0.2) is 30.3 Å². The average molecular weight is 321 g/mol. The zero-order chi connectivity index (χ0) is 16.3. The second-order valence-corrected chi connectivity index (χ2v) is 5.12. The van der Waals surface area contributed by atoms with Crippen LogP contribution in [0.2, 0.25) is 5.02 Å². The largest absolute Gasteiger partial charge is 0.493 e. The molecule has 2 aromatic rings. The molecule has 0 aliphatic carbocycles.